The minimum Gasteiger partial charge on any atom is -0.507 e. The first-order valence-corrected chi connectivity index (χ1v) is 25.2. The third-order valence-electron chi connectivity index (χ3n) is 12.2. The summed E-state index contributed by atoms with van der Waals surface area (Å²) in [7, 11) is 1.07. The summed E-state index contributed by atoms with van der Waals surface area (Å²) in [6, 6.07) is 24.1. The minimum atomic E-state index is -1.73. The monoisotopic (exact) mass is 1010 g/mol. The predicted octanol–water partition coefficient (Wildman–Crippen LogP) is 10.6. The van der Waals surface area contributed by atoms with Gasteiger partial charge in [0.15, 0.2) is 18.3 Å². The van der Waals surface area contributed by atoms with Crippen LogP contribution in [-0.4, -0.2) is 78.7 Å². The van der Waals surface area contributed by atoms with Crippen LogP contribution in [0.5, 0.6) is 23.0 Å². The number of carbonyl (C=O) groups excluding carboxylic acids is 6. The van der Waals surface area contributed by atoms with Crippen molar-refractivity contribution in [3.63, 3.8) is 0 Å². The van der Waals surface area contributed by atoms with Gasteiger partial charge in [-0.2, -0.15) is 0 Å². The average molecular weight is 1010 g/mol. The molecule has 0 unspecified atom stereocenters. The lowest BCUT2D eigenvalue weighted by atomic mass is 9.97. The Morgan fingerprint density at radius 3 is 1.68 bits per heavy atom. The molecule has 1 heterocycles. The van der Waals surface area contributed by atoms with Gasteiger partial charge in [0.2, 0.25) is 12.4 Å². The maximum atomic E-state index is 14.4. The van der Waals surface area contributed by atoms with Gasteiger partial charge in [0.1, 0.15) is 47.3 Å². The predicted molar refractivity (Wildman–Crippen MR) is 268 cm³/mol. The molecule has 0 aromatic heterocycles. The van der Waals surface area contributed by atoms with Crippen molar-refractivity contribution in [1.82, 2.24) is 0 Å². The van der Waals surface area contributed by atoms with Crippen LogP contribution in [0, 0.1) is 6.92 Å². The number of carbonyl (C=O) groups is 6. The number of methoxy groups -OCH3 is 1. The first-order valence-electron chi connectivity index (χ1n) is 25.2. The Bertz CT molecular complexity index is 2440. The van der Waals surface area contributed by atoms with Gasteiger partial charge in [0, 0.05) is 32.9 Å². The van der Waals surface area contributed by atoms with Gasteiger partial charge < -0.3 is 47.7 Å². The first-order chi connectivity index (χ1) is 35.2. The van der Waals surface area contributed by atoms with E-state index in [1.807, 2.05) is 60.7 Å². The molecule has 1 N–H and O–H groups in total. The fourth-order valence-electron chi connectivity index (χ4n) is 8.65. The van der Waals surface area contributed by atoms with Gasteiger partial charge >= 0.3 is 35.8 Å². The smallest absolute Gasteiger partial charge is 0.347 e. The highest BCUT2D eigenvalue weighted by atomic mass is 16.7. The zero-order valence-corrected chi connectivity index (χ0v) is 42.9. The lowest BCUT2D eigenvalue weighted by Crippen LogP contribution is -2.64. The van der Waals surface area contributed by atoms with E-state index in [2.05, 4.69) is 6.92 Å². The van der Waals surface area contributed by atoms with E-state index < -0.39 is 72.3 Å². The number of phenols is 1. The number of benzene rings is 4. The normalized spacial score (nSPS) is 17.2. The lowest BCUT2D eigenvalue weighted by Gasteiger charge is -2.43. The molecular formula is C57H70O16. The zero-order valence-electron chi connectivity index (χ0n) is 42.9. The number of rotatable bonds is 28. The fraction of sp³-hybridized carbons (Fsp3) is 0.474. The Morgan fingerprint density at radius 1 is 0.589 bits per heavy atom. The highest BCUT2D eigenvalue weighted by Crippen LogP contribution is 2.37. The summed E-state index contributed by atoms with van der Waals surface area (Å²) in [5.41, 5.74) is 2.29. The van der Waals surface area contributed by atoms with Crippen LogP contribution in [0.25, 0.3) is 0 Å². The van der Waals surface area contributed by atoms with Crippen LogP contribution in [0.15, 0.2) is 84.9 Å². The first kappa shape index (κ1) is 57.0. The second-order valence-electron chi connectivity index (χ2n) is 18.1. The second kappa shape index (κ2) is 29.5. The van der Waals surface area contributed by atoms with Crippen LogP contribution in [0.2, 0.25) is 0 Å². The van der Waals surface area contributed by atoms with Gasteiger partial charge in [-0.05, 0) is 54.2 Å². The second-order valence-corrected chi connectivity index (χ2v) is 18.1. The molecular weight excluding hydrogens is 941 g/mol. The number of unbranched alkanes of at least 4 members (excludes halogenated alkanes) is 12. The van der Waals surface area contributed by atoms with Gasteiger partial charge in [0.05, 0.1) is 7.11 Å². The van der Waals surface area contributed by atoms with E-state index in [1.165, 1.54) is 69.6 Å². The topological polar surface area (TPSA) is 206 Å². The van der Waals surface area contributed by atoms with Crippen LogP contribution in [-0.2, 0) is 67.2 Å². The Balaban J connectivity index is 1.44. The number of hydrogen-bond donors (Lipinski definition) is 1. The zero-order chi connectivity index (χ0) is 52.7. The summed E-state index contributed by atoms with van der Waals surface area (Å²) in [6.45, 7) is 7.20. The van der Waals surface area contributed by atoms with E-state index >= 15 is 0 Å². The van der Waals surface area contributed by atoms with Crippen LogP contribution in [0.4, 0.5) is 0 Å². The standard InChI is InChI=1S/C57H70O16/c1-7-8-9-10-11-12-13-14-15-16-17-18-25-30-43-32-45(72-57-53(70-40(5)60)51(69-39(4)59)50(68-38(3)58)52(73-57)56(64)65-6)33-46(61)49(43)55(63)71-44-31-37(2)48(54(62)67-36-42-28-23-20-24-29-42)47(34-44)66-35-41-26-21-19-22-27-41/h19-24,26-29,31-34,50-53,57,61H,7-18,25,30,35-36H2,1-6H3/t50-,51-,52-,53+,57+/m0/s1. The molecule has 0 aliphatic carbocycles. The van der Waals surface area contributed by atoms with Crippen molar-refractivity contribution in [1.29, 1.82) is 0 Å². The molecule has 0 amide bonds. The van der Waals surface area contributed by atoms with Crippen molar-refractivity contribution in [3.8, 4) is 23.0 Å². The number of aromatic hydroxyl groups is 1. The third kappa shape index (κ3) is 17.9. The molecule has 5 atom stereocenters. The summed E-state index contributed by atoms with van der Waals surface area (Å²) in [5, 5.41) is 11.8. The Hall–Kier alpha value is -6.94. The molecule has 1 aliphatic heterocycles. The molecule has 5 rings (SSSR count). The van der Waals surface area contributed by atoms with E-state index in [0.29, 0.717) is 17.5 Å². The molecule has 394 valence electrons. The molecule has 0 spiro atoms. The third-order valence-corrected chi connectivity index (χ3v) is 12.2. The number of hydrogen-bond acceptors (Lipinski definition) is 16. The van der Waals surface area contributed by atoms with Gasteiger partial charge in [-0.15, -0.1) is 0 Å². The van der Waals surface area contributed by atoms with Crippen LogP contribution in [0.1, 0.15) is 154 Å². The van der Waals surface area contributed by atoms with E-state index in [4.69, 9.17) is 42.6 Å². The van der Waals surface area contributed by atoms with Crippen molar-refractivity contribution < 1.29 is 76.5 Å². The molecule has 73 heavy (non-hydrogen) atoms. The van der Waals surface area contributed by atoms with E-state index in [9.17, 15) is 33.9 Å². The molecule has 1 saturated heterocycles. The summed E-state index contributed by atoms with van der Waals surface area (Å²) in [5.74, 6) is -5.72. The summed E-state index contributed by atoms with van der Waals surface area (Å²) in [6.07, 6.45) is 6.44. The molecule has 1 aliphatic rings. The summed E-state index contributed by atoms with van der Waals surface area (Å²) < 4.78 is 51.4. The lowest BCUT2D eigenvalue weighted by molar-refractivity contribution is -0.282. The largest absolute Gasteiger partial charge is 0.507 e. The van der Waals surface area contributed by atoms with E-state index in [-0.39, 0.29) is 48.0 Å². The van der Waals surface area contributed by atoms with Gasteiger partial charge in [-0.25, -0.2) is 14.4 Å². The maximum absolute atomic E-state index is 14.4. The van der Waals surface area contributed by atoms with E-state index in [0.717, 1.165) is 70.8 Å². The quantitative estimate of drug-likeness (QED) is 0.0243. The van der Waals surface area contributed by atoms with Crippen molar-refractivity contribution in [2.24, 2.45) is 0 Å². The maximum Gasteiger partial charge on any atom is 0.347 e. The highest BCUT2D eigenvalue weighted by molar-refractivity contribution is 5.97. The number of aryl methyl sites for hydroxylation is 2. The Kier molecular flexibility index (Phi) is 23.1. The van der Waals surface area contributed by atoms with Crippen LogP contribution in [0.3, 0.4) is 0 Å². The molecule has 0 saturated carbocycles. The highest BCUT2D eigenvalue weighted by Gasteiger charge is 2.56. The van der Waals surface area contributed by atoms with Gasteiger partial charge in [-0.1, -0.05) is 145 Å². The molecule has 4 aromatic carbocycles. The van der Waals surface area contributed by atoms with Crippen molar-refractivity contribution in [2.45, 2.75) is 168 Å². The van der Waals surface area contributed by atoms with Gasteiger partial charge in [-0.3, -0.25) is 14.4 Å². The fourth-order valence-corrected chi connectivity index (χ4v) is 8.65. The Labute approximate surface area is 427 Å². The molecule has 16 nitrogen and oxygen atoms in total. The minimum absolute atomic E-state index is 0.0136. The number of esters is 6. The molecule has 0 radical (unpaired) electrons. The SMILES string of the molecule is CCCCCCCCCCCCCCCc1cc(O[C@@H]2O[C@H](C(=O)OC)[C@@H](OC(C)=O)[C@H](OC(C)=O)[C@H]2OC(C)=O)cc(O)c1C(=O)Oc1cc(C)c(C(=O)OCc2ccccc2)c(OCc2ccccc2)c1. The number of phenolic OH excluding ortho intramolecular Hbond substituents is 1. The molecule has 4 aromatic rings. The van der Waals surface area contributed by atoms with Crippen molar-refractivity contribution in [2.75, 3.05) is 7.11 Å². The van der Waals surface area contributed by atoms with E-state index in [1.54, 1.807) is 6.92 Å². The number of ether oxygens (including phenoxy) is 9. The van der Waals surface area contributed by atoms with Crippen molar-refractivity contribution in [3.05, 3.63) is 118 Å². The molecule has 0 bridgehead atoms. The molecule has 1 fully saturated rings. The summed E-state index contributed by atoms with van der Waals surface area (Å²) in [4.78, 5) is 78.3. The van der Waals surface area contributed by atoms with Crippen molar-refractivity contribution >= 4 is 35.8 Å². The molecule has 16 heteroatoms. The van der Waals surface area contributed by atoms with Crippen LogP contribution < -0.4 is 14.2 Å². The Morgan fingerprint density at radius 2 is 1.12 bits per heavy atom. The average Bonchev–Trinajstić information content (AvgIpc) is 3.35. The van der Waals surface area contributed by atoms with Gasteiger partial charge in [0.25, 0.3) is 0 Å². The van der Waals surface area contributed by atoms with Crippen LogP contribution >= 0.6 is 0 Å². The summed E-state index contributed by atoms with van der Waals surface area (Å²) >= 11 is 0.